The fourth-order valence-electron chi connectivity index (χ4n) is 4.97. The molecule has 0 heterocycles. The number of halogens is 1. The Morgan fingerprint density at radius 2 is 1.53 bits per heavy atom. The standard InChI is InChI=1S/C35H38ClN3O5S/c1-4-37-35(41)32(23-27-12-7-6-8-13-27)38(24-28-14-11-15-29(36)22-28)34(40)25-39(31-16-9-10-17-33(31)44-5-2)45(42,43)30-20-18-26(3)19-21-30/h6-22,32H,4-5,23-25H2,1-3H3,(H,37,41). The van der Waals surface area contributed by atoms with Crippen LogP contribution in [0.2, 0.25) is 5.02 Å². The van der Waals surface area contributed by atoms with E-state index in [1.807, 2.05) is 43.3 Å². The minimum absolute atomic E-state index is 0.0261. The van der Waals surface area contributed by atoms with Crippen LogP contribution in [0.5, 0.6) is 5.75 Å². The van der Waals surface area contributed by atoms with E-state index in [1.54, 1.807) is 68.4 Å². The molecule has 4 aromatic carbocycles. The number of amides is 2. The van der Waals surface area contributed by atoms with Crippen LogP contribution in [0, 0.1) is 6.92 Å². The molecule has 0 bridgehead atoms. The number of carbonyl (C=O) groups is 2. The van der Waals surface area contributed by atoms with Gasteiger partial charge in [-0.2, -0.15) is 0 Å². The number of anilines is 1. The van der Waals surface area contributed by atoms with Crippen LogP contribution >= 0.6 is 11.6 Å². The van der Waals surface area contributed by atoms with Crippen LogP contribution in [0.3, 0.4) is 0 Å². The van der Waals surface area contributed by atoms with Gasteiger partial charge < -0.3 is 15.0 Å². The minimum Gasteiger partial charge on any atom is -0.492 e. The highest BCUT2D eigenvalue weighted by Crippen LogP contribution is 2.33. The maximum atomic E-state index is 14.5. The lowest BCUT2D eigenvalue weighted by Gasteiger charge is -2.34. The summed E-state index contributed by atoms with van der Waals surface area (Å²) in [6, 6.07) is 28.6. The van der Waals surface area contributed by atoms with Crippen molar-refractivity contribution in [1.82, 2.24) is 10.2 Å². The number of likely N-dealkylation sites (N-methyl/N-ethyl adjacent to an activating group) is 1. The quantitative estimate of drug-likeness (QED) is 0.181. The summed E-state index contributed by atoms with van der Waals surface area (Å²) in [4.78, 5) is 29.6. The first-order valence-corrected chi connectivity index (χ1v) is 16.6. The molecule has 4 rings (SSSR count). The van der Waals surface area contributed by atoms with Crippen molar-refractivity contribution in [1.29, 1.82) is 0 Å². The van der Waals surface area contributed by atoms with Crippen molar-refractivity contribution < 1.29 is 22.7 Å². The predicted molar refractivity (Wildman–Crippen MR) is 178 cm³/mol. The van der Waals surface area contributed by atoms with Gasteiger partial charge in [-0.25, -0.2) is 8.42 Å². The molecule has 0 aliphatic heterocycles. The summed E-state index contributed by atoms with van der Waals surface area (Å²) in [5, 5.41) is 3.34. The van der Waals surface area contributed by atoms with Crippen molar-refractivity contribution in [3.8, 4) is 5.75 Å². The van der Waals surface area contributed by atoms with Gasteiger partial charge in [0.2, 0.25) is 11.8 Å². The molecule has 8 nitrogen and oxygen atoms in total. The maximum absolute atomic E-state index is 14.5. The summed E-state index contributed by atoms with van der Waals surface area (Å²) in [5.74, 6) is -0.599. The van der Waals surface area contributed by atoms with E-state index in [-0.39, 0.29) is 29.5 Å². The Balaban J connectivity index is 1.83. The lowest BCUT2D eigenvalue weighted by molar-refractivity contribution is -0.140. The number of rotatable bonds is 14. The number of nitrogens with one attached hydrogen (secondary N) is 1. The monoisotopic (exact) mass is 647 g/mol. The zero-order valence-corrected chi connectivity index (χ0v) is 27.2. The molecule has 0 aromatic heterocycles. The van der Waals surface area contributed by atoms with Gasteiger partial charge in [0.05, 0.1) is 17.2 Å². The molecule has 0 radical (unpaired) electrons. The zero-order valence-electron chi connectivity index (χ0n) is 25.6. The van der Waals surface area contributed by atoms with Crippen LogP contribution in [0.25, 0.3) is 0 Å². The third-order valence-corrected chi connectivity index (χ3v) is 9.19. The van der Waals surface area contributed by atoms with E-state index in [4.69, 9.17) is 16.3 Å². The van der Waals surface area contributed by atoms with Crippen molar-refractivity contribution in [3.63, 3.8) is 0 Å². The van der Waals surface area contributed by atoms with Crippen molar-refractivity contribution in [2.45, 2.75) is 44.7 Å². The Morgan fingerprint density at radius 1 is 0.867 bits per heavy atom. The Hall–Kier alpha value is -4.34. The lowest BCUT2D eigenvalue weighted by Crippen LogP contribution is -2.53. The second kappa shape index (κ2) is 15.6. The zero-order chi connectivity index (χ0) is 32.4. The minimum atomic E-state index is -4.25. The van der Waals surface area contributed by atoms with Gasteiger partial charge in [0.15, 0.2) is 0 Å². The topological polar surface area (TPSA) is 96.0 Å². The molecule has 1 unspecified atom stereocenters. The average Bonchev–Trinajstić information content (AvgIpc) is 3.03. The third-order valence-electron chi connectivity index (χ3n) is 7.19. The molecule has 236 valence electrons. The molecule has 0 spiro atoms. The van der Waals surface area contributed by atoms with E-state index in [1.165, 1.54) is 17.0 Å². The summed E-state index contributed by atoms with van der Waals surface area (Å²) in [7, 11) is -4.25. The fourth-order valence-corrected chi connectivity index (χ4v) is 6.61. The Kier molecular flexibility index (Phi) is 11.6. The van der Waals surface area contributed by atoms with Gasteiger partial charge in [0, 0.05) is 24.5 Å². The molecule has 0 aliphatic carbocycles. The summed E-state index contributed by atoms with van der Waals surface area (Å²) in [5.41, 5.74) is 2.66. The van der Waals surface area contributed by atoms with E-state index in [9.17, 15) is 18.0 Å². The molecule has 10 heteroatoms. The van der Waals surface area contributed by atoms with Gasteiger partial charge >= 0.3 is 0 Å². The Labute approximate surface area is 270 Å². The fraction of sp³-hybridized carbons (Fsp3) is 0.257. The number of hydrogen-bond donors (Lipinski definition) is 1. The van der Waals surface area contributed by atoms with Crippen LogP contribution < -0.4 is 14.4 Å². The first-order valence-electron chi connectivity index (χ1n) is 14.8. The summed E-state index contributed by atoms with van der Waals surface area (Å²) >= 11 is 6.30. The van der Waals surface area contributed by atoms with Gasteiger partial charge in [0.25, 0.3) is 10.0 Å². The van der Waals surface area contributed by atoms with E-state index in [0.29, 0.717) is 29.5 Å². The smallest absolute Gasteiger partial charge is 0.264 e. The second-order valence-electron chi connectivity index (χ2n) is 10.5. The SMILES string of the molecule is CCNC(=O)C(Cc1ccccc1)N(Cc1cccc(Cl)c1)C(=O)CN(c1ccccc1OCC)S(=O)(=O)c1ccc(C)cc1. The van der Waals surface area contributed by atoms with Gasteiger partial charge in [-0.1, -0.05) is 83.9 Å². The second-order valence-corrected chi connectivity index (χ2v) is 12.8. The van der Waals surface area contributed by atoms with Crippen LogP contribution in [0.1, 0.15) is 30.5 Å². The molecule has 0 aliphatic rings. The molecule has 0 fully saturated rings. The van der Waals surface area contributed by atoms with Gasteiger partial charge in [0.1, 0.15) is 18.3 Å². The van der Waals surface area contributed by atoms with E-state index >= 15 is 0 Å². The average molecular weight is 648 g/mol. The van der Waals surface area contributed by atoms with E-state index < -0.39 is 28.5 Å². The molecule has 1 atom stereocenters. The van der Waals surface area contributed by atoms with Crippen molar-refractivity contribution in [2.24, 2.45) is 0 Å². The molecular weight excluding hydrogens is 610 g/mol. The van der Waals surface area contributed by atoms with Crippen LogP contribution in [-0.2, 0) is 32.6 Å². The van der Waals surface area contributed by atoms with Gasteiger partial charge in [-0.3, -0.25) is 13.9 Å². The highest BCUT2D eigenvalue weighted by atomic mass is 35.5. The van der Waals surface area contributed by atoms with Crippen molar-refractivity contribution in [2.75, 3.05) is 24.0 Å². The maximum Gasteiger partial charge on any atom is 0.264 e. The molecule has 0 saturated heterocycles. The number of ether oxygens (including phenoxy) is 1. The normalized spacial score (nSPS) is 11.8. The number of hydrogen-bond acceptors (Lipinski definition) is 5. The Bertz CT molecular complexity index is 1700. The number of benzene rings is 4. The number of nitrogens with zero attached hydrogens (tertiary/aromatic N) is 2. The summed E-state index contributed by atoms with van der Waals surface area (Å²) < 4.78 is 35.4. The molecular formula is C35H38ClN3O5S. The molecule has 1 N–H and O–H groups in total. The number of para-hydroxylation sites is 2. The predicted octanol–water partition coefficient (Wildman–Crippen LogP) is 6.02. The van der Waals surface area contributed by atoms with Crippen LogP contribution in [0.4, 0.5) is 5.69 Å². The first kappa shape index (κ1) is 33.6. The number of sulfonamides is 1. The molecule has 45 heavy (non-hydrogen) atoms. The van der Waals surface area contributed by atoms with Crippen LogP contribution in [0.15, 0.2) is 108 Å². The first-order chi connectivity index (χ1) is 21.6. The molecule has 4 aromatic rings. The summed E-state index contributed by atoms with van der Waals surface area (Å²) in [6.45, 7) is 5.57. The van der Waals surface area contributed by atoms with E-state index in [0.717, 1.165) is 15.4 Å². The van der Waals surface area contributed by atoms with Crippen LogP contribution in [-0.4, -0.2) is 50.9 Å². The van der Waals surface area contributed by atoms with Crippen molar-refractivity contribution in [3.05, 3.63) is 125 Å². The van der Waals surface area contributed by atoms with Crippen molar-refractivity contribution >= 4 is 39.1 Å². The third kappa shape index (κ3) is 8.65. The highest BCUT2D eigenvalue weighted by molar-refractivity contribution is 7.92. The molecule has 0 saturated carbocycles. The highest BCUT2D eigenvalue weighted by Gasteiger charge is 2.35. The lowest BCUT2D eigenvalue weighted by atomic mass is 10.0. The van der Waals surface area contributed by atoms with Gasteiger partial charge in [-0.05, 0) is 68.3 Å². The number of carbonyl (C=O) groups excluding carboxylic acids is 2. The van der Waals surface area contributed by atoms with Gasteiger partial charge in [-0.15, -0.1) is 0 Å². The Morgan fingerprint density at radius 3 is 2.20 bits per heavy atom. The number of aryl methyl sites for hydroxylation is 1. The van der Waals surface area contributed by atoms with E-state index in [2.05, 4.69) is 5.32 Å². The largest absolute Gasteiger partial charge is 0.492 e. The molecule has 2 amide bonds. The summed E-state index contributed by atoms with van der Waals surface area (Å²) in [6.07, 6.45) is 0.221.